The molecule has 1 N–H and O–H groups in total. The quantitative estimate of drug-likeness (QED) is 0.533. The zero-order chi connectivity index (χ0) is 17.4. The summed E-state index contributed by atoms with van der Waals surface area (Å²) in [5, 5.41) is 12.1. The van der Waals surface area contributed by atoms with Crippen LogP contribution in [0.5, 0.6) is 0 Å². The van der Waals surface area contributed by atoms with Gasteiger partial charge < -0.3 is 9.67 Å². The molecule has 0 saturated carbocycles. The van der Waals surface area contributed by atoms with Crippen molar-refractivity contribution in [2.24, 2.45) is 0 Å². The smallest absolute Gasteiger partial charge is 0.0868 e. The van der Waals surface area contributed by atoms with Crippen molar-refractivity contribution in [3.05, 3.63) is 59.9 Å². The predicted octanol–water partition coefficient (Wildman–Crippen LogP) is 6.50. The Hall–Kier alpha value is -2.22. The van der Waals surface area contributed by atoms with Crippen molar-refractivity contribution in [2.75, 3.05) is 0 Å². The SMILES string of the molecule is C=C(O)CCn1c2ccc(C(C)C)cc2c2cc(C(C)C)ccc21. The molecule has 0 aliphatic heterocycles. The van der Waals surface area contributed by atoms with Gasteiger partial charge in [-0.1, -0.05) is 46.4 Å². The minimum absolute atomic E-state index is 0.239. The third-order valence-corrected chi connectivity index (χ3v) is 4.87. The van der Waals surface area contributed by atoms with Gasteiger partial charge in [0.2, 0.25) is 0 Å². The highest BCUT2D eigenvalue weighted by Crippen LogP contribution is 2.33. The Bertz CT molecular complexity index is 834. The molecule has 0 spiro atoms. The minimum atomic E-state index is 0.239. The van der Waals surface area contributed by atoms with Crippen molar-refractivity contribution in [3.8, 4) is 0 Å². The van der Waals surface area contributed by atoms with E-state index in [4.69, 9.17) is 0 Å². The van der Waals surface area contributed by atoms with E-state index >= 15 is 0 Å². The first-order valence-electron chi connectivity index (χ1n) is 8.81. The molecule has 0 amide bonds. The van der Waals surface area contributed by atoms with Gasteiger partial charge in [-0.05, 0) is 47.2 Å². The normalized spacial score (nSPS) is 11.9. The highest BCUT2D eigenvalue weighted by Gasteiger charge is 2.13. The number of allylic oxidation sites excluding steroid dienone is 1. The molecule has 2 nitrogen and oxygen atoms in total. The average molecular weight is 321 g/mol. The Labute approximate surface area is 144 Å². The van der Waals surface area contributed by atoms with Crippen LogP contribution in [0.2, 0.25) is 0 Å². The second-order valence-corrected chi connectivity index (χ2v) is 7.33. The van der Waals surface area contributed by atoms with Gasteiger partial charge in [-0.2, -0.15) is 0 Å². The molecule has 0 fully saturated rings. The third kappa shape index (κ3) is 2.93. The van der Waals surface area contributed by atoms with Crippen LogP contribution in [0.3, 0.4) is 0 Å². The monoisotopic (exact) mass is 321 g/mol. The van der Waals surface area contributed by atoms with Crippen molar-refractivity contribution in [1.82, 2.24) is 4.57 Å². The molecule has 3 rings (SSSR count). The van der Waals surface area contributed by atoms with Gasteiger partial charge in [0.05, 0.1) is 5.76 Å². The zero-order valence-corrected chi connectivity index (χ0v) is 15.1. The van der Waals surface area contributed by atoms with E-state index in [-0.39, 0.29) is 5.76 Å². The number of aryl methyl sites for hydroxylation is 1. The highest BCUT2D eigenvalue weighted by molar-refractivity contribution is 6.08. The maximum absolute atomic E-state index is 9.52. The Morgan fingerprint density at radius 3 is 1.75 bits per heavy atom. The fourth-order valence-corrected chi connectivity index (χ4v) is 3.34. The molecule has 0 unspecified atom stereocenters. The molecule has 0 radical (unpaired) electrons. The Morgan fingerprint density at radius 1 is 0.917 bits per heavy atom. The fraction of sp³-hybridized carbons (Fsp3) is 0.364. The van der Waals surface area contributed by atoms with Gasteiger partial charge in [0.25, 0.3) is 0 Å². The van der Waals surface area contributed by atoms with E-state index in [2.05, 4.69) is 75.2 Å². The first kappa shape index (κ1) is 16.6. The molecule has 2 aromatic carbocycles. The molecular formula is C22H27NO. The Kier molecular flexibility index (Phi) is 4.40. The van der Waals surface area contributed by atoms with Crippen LogP contribution in [0.1, 0.15) is 57.1 Å². The summed E-state index contributed by atoms with van der Waals surface area (Å²) in [6.07, 6.45) is 0.580. The minimum Gasteiger partial charge on any atom is -0.513 e. The van der Waals surface area contributed by atoms with Gasteiger partial charge in [0.15, 0.2) is 0 Å². The highest BCUT2D eigenvalue weighted by atomic mass is 16.3. The number of aromatic nitrogens is 1. The molecule has 0 bridgehead atoms. The summed E-state index contributed by atoms with van der Waals surface area (Å²) >= 11 is 0. The van der Waals surface area contributed by atoms with Crippen LogP contribution in [0.25, 0.3) is 21.8 Å². The third-order valence-electron chi connectivity index (χ3n) is 4.87. The molecular weight excluding hydrogens is 294 g/mol. The number of aliphatic hydroxyl groups excluding tert-OH is 1. The van der Waals surface area contributed by atoms with E-state index in [0.717, 1.165) is 6.54 Å². The van der Waals surface area contributed by atoms with E-state index in [9.17, 15) is 5.11 Å². The van der Waals surface area contributed by atoms with E-state index < -0.39 is 0 Å². The molecule has 1 heterocycles. The molecule has 2 heteroatoms. The summed E-state index contributed by atoms with van der Waals surface area (Å²) in [5.74, 6) is 1.26. The topological polar surface area (TPSA) is 25.2 Å². The number of hydrogen-bond acceptors (Lipinski definition) is 1. The first-order valence-corrected chi connectivity index (χ1v) is 8.81. The lowest BCUT2D eigenvalue weighted by Crippen LogP contribution is -1.99. The maximum atomic E-state index is 9.52. The summed E-state index contributed by atoms with van der Waals surface area (Å²) in [7, 11) is 0. The van der Waals surface area contributed by atoms with E-state index in [1.54, 1.807) is 0 Å². The summed E-state index contributed by atoms with van der Waals surface area (Å²) in [4.78, 5) is 0. The average Bonchev–Trinajstić information content (AvgIpc) is 2.85. The number of fused-ring (bicyclic) bond motifs is 3. The lowest BCUT2D eigenvalue weighted by molar-refractivity contribution is 0.383. The molecule has 0 saturated heterocycles. The van der Waals surface area contributed by atoms with Gasteiger partial charge >= 0.3 is 0 Å². The van der Waals surface area contributed by atoms with Gasteiger partial charge in [-0.15, -0.1) is 0 Å². The second-order valence-electron chi connectivity index (χ2n) is 7.33. The summed E-state index contributed by atoms with van der Waals surface area (Å²) in [5.41, 5.74) is 5.19. The second kappa shape index (κ2) is 6.35. The largest absolute Gasteiger partial charge is 0.513 e. The summed E-state index contributed by atoms with van der Waals surface area (Å²) < 4.78 is 2.31. The number of rotatable bonds is 5. The molecule has 0 aliphatic carbocycles. The number of aliphatic hydroxyl groups is 1. The zero-order valence-electron chi connectivity index (χ0n) is 15.1. The van der Waals surface area contributed by atoms with E-state index in [1.165, 1.54) is 32.9 Å². The van der Waals surface area contributed by atoms with Crippen LogP contribution in [0.4, 0.5) is 0 Å². The molecule has 24 heavy (non-hydrogen) atoms. The van der Waals surface area contributed by atoms with Crippen LogP contribution in [-0.2, 0) is 6.54 Å². The van der Waals surface area contributed by atoms with Crippen LogP contribution >= 0.6 is 0 Å². The maximum Gasteiger partial charge on any atom is 0.0868 e. The molecule has 3 aromatic rings. The van der Waals surface area contributed by atoms with Gasteiger partial charge in [-0.25, -0.2) is 0 Å². The van der Waals surface area contributed by atoms with Gasteiger partial charge in [0, 0.05) is 34.8 Å². The van der Waals surface area contributed by atoms with Gasteiger partial charge in [0.1, 0.15) is 0 Å². The van der Waals surface area contributed by atoms with Crippen LogP contribution < -0.4 is 0 Å². The van der Waals surface area contributed by atoms with Crippen molar-refractivity contribution in [1.29, 1.82) is 0 Å². The number of hydrogen-bond donors (Lipinski definition) is 1. The molecule has 0 aliphatic rings. The standard InChI is InChI=1S/C22H27NO/c1-14(2)17-6-8-21-19(12-17)20-13-18(15(3)4)7-9-22(20)23(21)11-10-16(5)24/h6-9,12-15,24H,5,10-11H2,1-4H3. The lowest BCUT2D eigenvalue weighted by Gasteiger charge is -2.09. The lowest BCUT2D eigenvalue weighted by atomic mass is 9.98. The van der Waals surface area contributed by atoms with Crippen molar-refractivity contribution >= 4 is 21.8 Å². The van der Waals surface area contributed by atoms with Crippen LogP contribution in [-0.4, -0.2) is 9.67 Å². The van der Waals surface area contributed by atoms with Crippen LogP contribution in [0.15, 0.2) is 48.7 Å². The predicted molar refractivity (Wildman–Crippen MR) is 104 cm³/mol. The molecule has 1 aromatic heterocycles. The van der Waals surface area contributed by atoms with Crippen molar-refractivity contribution in [2.45, 2.75) is 52.5 Å². The fourth-order valence-electron chi connectivity index (χ4n) is 3.34. The summed E-state index contributed by atoms with van der Waals surface area (Å²) in [6.45, 7) is 13.3. The van der Waals surface area contributed by atoms with Crippen molar-refractivity contribution < 1.29 is 5.11 Å². The Morgan fingerprint density at radius 2 is 1.38 bits per heavy atom. The van der Waals surface area contributed by atoms with E-state index in [0.29, 0.717) is 18.3 Å². The first-order chi connectivity index (χ1) is 11.4. The Balaban J connectivity index is 2.29. The van der Waals surface area contributed by atoms with E-state index in [1.807, 2.05) is 0 Å². The van der Waals surface area contributed by atoms with Gasteiger partial charge in [-0.3, -0.25) is 0 Å². The molecule has 126 valence electrons. The summed E-state index contributed by atoms with van der Waals surface area (Å²) in [6, 6.07) is 13.5. The number of benzene rings is 2. The number of nitrogens with zero attached hydrogens (tertiary/aromatic N) is 1. The van der Waals surface area contributed by atoms with Crippen LogP contribution in [0, 0.1) is 0 Å². The molecule has 0 atom stereocenters. The van der Waals surface area contributed by atoms with Crippen molar-refractivity contribution in [3.63, 3.8) is 0 Å².